The monoisotopic (exact) mass is 431 g/mol. The van der Waals surface area contributed by atoms with Crippen LogP contribution >= 0.6 is 11.8 Å². The van der Waals surface area contributed by atoms with Crippen molar-refractivity contribution >= 4 is 22.8 Å². The number of nitrogens with one attached hydrogen (secondary N) is 1. The van der Waals surface area contributed by atoms with Gasteiger partial charge in [0.25, 0.3) is 0 Å². The minimum absolute atomic E-state index is 0.134. The van der Waals surface area contributed by atoms with Crippen LogP contribution in [0.25, 0.3) is 11.0 Å². The molecule has 156 valence electrons. The third-order valence-corrected chi connectivity index (χ3v) is 4.84. The van der Waals surface area contributed by atoms with E-state index in [1.165, 1.54) is 24.9 Å². The zero-order valence-corrected chi connectivity index (χ0v) is 16.4. The summed E-state index contributed by atoms with van der Waals surface area (Å²) in [5, 5.41) is 0.487. The summed E-state index contributed by atoms with van der Waals surface area (Å²) >= 11 is 1.33. The smallest absolute Gasteiger partial charge is 0.461 e. The molecule has 0 spiro atoms. The summed E-state index contributed by atoms with van der Waals surface area (Å²) < 4.78 is 65.8. The number of hydrogen-bond acceptors (Lipinski definition) is 6. The number of halogens is 4. The van der Waals surface area contributed by atoms with Gasteiger partial charge in [-0.3, -0.25) is 4.98 Å². The van der Waals surface area contributed by atoms with Crippen LogP contribution in [0.2, 0.25) is 0 Å². The van der Waals surface area contributed by atoms with E-state index in [-0.39, 0.29) is 5.75 Å². The number of benzene rings is 1. The van der Waals surface area contributed by atoms with Crippen LogP contribution in [0.3, 0.4) is 0 Å². The molecule has 0 unspecified atom stereocenters. The number of rotatable bonds is 8. The Labute approximate surface area is 167 Å². The highest BCUT2D eigenvalue weighted by atomic mass is 32.2. The van der Waals surface area contributed by atoms with Crippen molar-refractivity contribution in [2.75, 3.05) is 14.2 Å². The molecule has 29 heavy (non-hydrogen) atoms. The van der Waals surface area contributed by atoms with Gasteiger partial charge in [0, 0.05) is 35.7 Å². The second kappa shape index (κ2) is 8.36. The Morgan fingerprint density at radius 2 is 1.83 bits per heavy atom. The van der Waals surface area contributed by atoms with Crippen molar-refractivity contribution < 1.29 is 31.8 Å². The molecule has 11 heteroatoms. The second-order valence-corrected chi connectivity index (χ2v) is 6.92. The highest BCUT2D eigenvalue weighted by Gasteiger charge is 2.44. The number of aromatic nitrogens is 3. The van der Waals surface area contributed by atoms with Crippen LogP contribution in [0.4, 0.5) is 17.6 Å². The lowest BCUT2D eigenvalue weighted by atomic mass is 10.2. The topological polar surface area (TPSA) is 69.3 Å². The number of pyridine rings is 1. The molecular weight excluding hydrogens is 414 g/mol. The zero-order chi connectivity index (χ0) is 21.2. The van der Waals surface area contributed by atoms with Crippen molar-refractivity contribution in [1.29, 1.82) is 0 Å². The van der Waals surface area contributed by atoms with Crippen molar-refractivity contribution in [3.8, 4) is 17.2 Å². The van der Waals surface area contributed by atoms with Crippen LogP contribution in [-0.4, -0.2) is 41.7 Å². The van der Waals surface area contributed by atoms with Crippen molar-refractivity contribution in [1.82, 2.24) is 15.0 Å². The van der Waals surface area contributed by atoms with Gasteiger partial charge >= 0.3 is 12.5 Å². The van der Waals surface area contributed by atoms with Gasteiger partial charge in [0.1, 0.15) is 5.75 Å². The van der Waals surface area contributed by atoms with Gasteiger partial charge in [-0.05, 0) is 6.92 Å². The first-order valence-corrected chi connectivity index (χ1v) is 9.27. The van der Waals surface area contributed by atoms with E-state index in [0.29, 0.717) is 27.7 Å². The third kappa shape index (κ3) is 4.66. The van der Waals surface area contributed by atoms with E-state index in [0.717, 1.165) is 17.3 Å². The highest BCUT2D eigenvalue weighted by molar-refractivity contribution is 7.98. The zero-order valence-electron chi connectivity index (χ0n) is 15.6. The number of thioether (sulfide) groups is 1. The lowest BCUT2D eigenvalue weighted by Gasteiger charge is -2.18. The molecule has 0 saturated heterocycles. The van der Waals surface area contributed by atoms with E-state index >= 15 is 0 Å². The van der Waals surface area contributed by atoms with Crippen LogP contribution in [-0.2, 0) is 5.75 Å². The third-order valence-electron chi connectivity index (χ3n) is 3.93. The van der Waals surface area contributed by atoms with Gasteiger partial charge in [0.2, 0.25) is 0 Å². The summed E-state index contributed by atoms with van der Waals surface area (Å²) in [6.07, 6.45) is -6.92. The quantitative estimate of drug-likeness (QED) is 0.408. The van der Waals surface area contributed by atoms with Crippen LogP contribution < -0.4 is 14.2 Å². The minimum Gasteiger partial charge on any atom is -0.496 e. The van der Waals surface area contributed by atoms with Gasteiger partial charge < -0.3 is 19.2 Å². The van der Waals surface area contributed by atoms with Crippen molar-refractivity contribution in [2.45, 2.75) is 30.4 Å². The molecule has 1 N–H and O–H groups in total. The number of imidazole rings is 1. The molecule has 0 radical (unpaired) electrons. The van der Waals surface area contributed by atoms with Crippen molar-refractivity contribution in [2.24, 2.45) is 0 Å². The van der Waals surface area contributed by atoms with E-state index in [9.17, 15) is 17.6 Å². The molecular formula is C18H17F4N3O3S. The number of nitrogens with zero attached hydrogens (tertiary/aromatic N) is 2. The van der Waals surface area contributed by atoms with E-state index in [4.69, 9.17) is 9.47 Å². The molecule has 2 aromatic heterocycles. The summed E-state index contributed by atoms with van der Waals surface area (Å²) in [5.74, 6) is 0.536. The predicted octanol–water partition coefficient (Wildman–Crippen LogP) is 4.81. The maximum atomic E-state index is 13.3. The van der Waals surface area contributed by atoms with Gasteiger partial charge in [0.05, 0.1) is 30.9 Å². The van der Waals surface area contributed by atoms with Crippen molar-refractivity contribution in [3.05, 3.63) is 35.7 Å². The Balaban J connectivity index is 1.82. The van der Waals surface area contributed by atoms with Gasteiger partial charge in [-0.1, -0.05) is 11.8 Å². The Morgan fingerprint density at radius 3 is 2.48 bits per heavy atom. The molecule has 3 rings (SSSR count). The van der Waals surface area contributed by atoms with E-state index in [1.807, 2.05) is 13.0 Å². The van der Waals surface area contributed by atoms with Crippen molar-refractivity contribution in [3.63, 3.8) is 0 Å². The minimum atomic E-state index is -4.64. The van der Waals surface area contributed by atoms with Gasteiger partial charge in [-0.25, -0.2) is 4.98 Å². The number of fused-ring (bicyclic) bond motifs is 1. The Kier molecular flexibility index (Phi) is 6.06. The fraction of sp³-hybridized carbons (Fsp3) is 0.333. The number of methoxy groups -OCH3 is 2. The average Bonchev–Trinajstić information content (AvgIpc) is 3.07. The number of aromatic amines is 1. The highest BCUT2D eigenvalue weighted by Crippen LogP contribution is 2.37. The maximum Gasteiger partial charge on any atom is 0.461 e. The molecule has 2 heterocycles. The van der Waals surface area contributed by atoms with E-state index in [1.54, 1.807) is 13.3 Å². The molecule has 6 nitrogen and oxygen atoms in total. The molecule has 3 aromatic rings. The molecule has 0 amide bonds. The molecule has 1 aromatic carbocycles. The maximum absolute atomic E-state index is 13.3. The standard InChI is InChI=1S/C18H17F4N3O3S/c1-9-7-23-10(4-13(9)26-2)8-29-17-24-11-5-14(27-3)15(6-12(11)25-17)28-18(21,22)16(19)20/h4-7,16H,8H2,1-3H3,(H,24,25). The number of ether oxygens (including phenoxy) is 3. The summed E-state index contributed by atoms with van der Waals surface area (Å²) in [4.78, 5) is 11.6. The predicted molar refractivity (Wildman–Crippen MR) is 99.3 cm³/mol. The molecule has 0 aliphatic carbocycles. The van der Waals surface area contributed by atoms with Crippen LogP contribution in [0, 0.1) is 6.92 Å². The first-order chi connectivity index (χ1) is 13.7. The fourth-order valence-electron chi connectivity index (χ4n) is 2.48. The van der Waals surface area contributed by atoms with E-state index < -0.39 is 18.3 Å². The van der Waals surface area contributed by atoms with Gasteiger partial charge in [-0.2, -0.15) is 17.6 Å². The molecule has 0 fully saturated rings. The van der Waals surface area contributed by atoms with Gasteiger partial charge in [-0.15, -0.1) is 0 Å². The summed E-state index contributed by atoms with van der Waals surface area (Å²) in [7, 11) is 2.79. The fourth-order valence-corrected chi connectivity index (χ4v) is 3.27. The molecule has 0 saturated carbocycles. The number of alkyl halides is 4. The number of aryl methyl sites for hydroxylation is 1. The summed E-state index contributed by atoms with van der Waals surface area (Å²) in [5.41, 5.74) is 2.41. The summed E-state index contributed by atoms with van der Waals surface area (Å²) in [6, 6.07) is 4.29. The normalized spacial score (nSPS) is 11.9. The molecule has 0 aliphatic rings. The largest absolute Gasteiger partial charge is 0.496 e. The lowest BCUT2D eigenvalue weighted by Crippen LogP contribution is -2.33. The molecule has 0 aliphatic heterocycles. The number of hydrogen-bond donors (Lipinski definition) is 1. The Morgan fingerprint density at radius 1 is 1.10 bits per heavy atom. The van der Waals surface area contributed by atoms with Crippen LogP contribution in [0.15, 0.2) is 29.6 Å². The van der Waals surface area contributed by atoms with Crippen LogP contribution in [0.1, 0.15) is 11.3 Å². The van der Waals surface area contributed by atoms with E-state index in [2.05, 4.69) is 19.7 Å². The lowest BCUT2D eigenvalue weighted by molar-refractivity contribution is -0.253. The number of H-pyrrole nitrogens is 1. The van der Waals surface area contributed by atoms with Crippen LogP contribution in [0.5, 0.6) is 17.2 Å². The Hall–Kier alpha value is -2.69. The Bertz CT molecular complexity index is 1010. The molecule has 0 atom stereocenters. The first kappa shape index (κ1) is 21.0. The molecule has 0 bridgehead atoms. The second-order valence-electron chi connectivity index (χ2n) is 5.96. The first-order valence-electron chi connectivity index (χ1n) is 8.28. The SMILES string of the molecule is COc1cc(CSc2nc3cc(OC)c(OC(F)(F)C(F)F)cc3[nH]2)ncc1C. The summed E-state index contributed by atoms with van der Waals surface area (Å²) in [6.45, 7) is 1.88. The average molecular weight is 431 g/mol. The van der Waals surface area contributed by atoms with Gasteiger partial charge in [0.15, 0.2) is 16.7 Å².